The van der Waals surface area contributed by atoms with Gasteiger partial charge in [-0.3, -0.25) is 10.1 Å². The lowest BCUT2D eigenvalue weighted by Crippen LogP contribution is -2.42. The fourth-order valence-corrected chi connectivity index (χ4v) is 1.48. The van der Waals surface area contributed by atoms with Crippen LogP contribution in [0.5, 0.6) is 0 Å². The van der Waals surface area contributed by atoms with Gasteiger partial charge < -0.3 is 9.72 Å². The molecule has 0 amide bonds. The summed E-state index contributed by atoms with van der Waals surface area (Å²) in [4.78, 5) is 18.5. The van der Waals surface area contributed by atoms with Gasteiger partial charge in [-0.1, -0.05) is 20.3 Å². The van der Waals surface area contributed by atoms with E-state index in [-0.39, 0.29) is 17.9 Å². The molecule has 2 unspecified atom stereocenters. The molecule has 0 aliphatic heterocycles. The van der Waals surface area contributed by atoms with Crippen molar-refractivity contribution in [1.82, 2.24) is 15.3 Å². The summed E-state index contributed by atoms with van der Waals surface area (Å²) in [6.45, 7) is 4.67. The maximum atomic E-state index is 11.6. The number of nitrogens with zero attached hydrogens (tertiary/aromatic N) is 1. The summed E-state index contributed by atoms with van der Waals surface area (Å²) in [5.41, 5.74) is 0.956. The second-order valence-electron chi connectivity index (χ2n) is 3.84. The number of imidazole rings is 1. The molecule has 1 heterocycles. The molecule has 90 valence electrons. The SMILES string of the molecule is CCC(C)C(NCc1cnc[nH]1)C(=O)OC. The molecule has 1 rings (SSSR count). The zero-order chi connectivity index (χ0) is 12.0. The third kappa shape index (κ3) is 3.34. The molecule has 0 radical (unpaired) electrons. The first-order valence-corrected chi connectivity index (χ1v) is 5.47. The first-order chi connectivity index (χ1) is 7.69. The lowest BCUT2D eigenvalue weighted by molar-refractivity contribution is -0.144. The minimum absolute atomic E-state index is 0.214. The van der Waals surface area contributed by atoms with Crippen LogP contribution in [0.4, 0.5) is 0 Å². The van der Waals surface area contributed by atoms with Gasteiger partial charge in [-0.15, -0.1) is 0 Å². The Morgan fingerprint density at radius 2 is 2.44 bits per heavy atom. The maximum absolute atomic E-state index is 11.6. The Morgan fingerprint density at radius 1 is 1.69 bits per heavy atom. The molecule has 0 spiro atoms. The van der Waals surface area contributed by atoms with Gasteiger partial charge in [0.2, 0.25) is 0 Å². The van der Waals surface area contributed by atoms with Crippen LogP contribution in [0.25, 0.3) is 0 Å². The highest BCUT2D eigenvalue weighted by molar-refractivity contribution is 5.75. The van der Waals surface area contributed by atoms with Crippen LogP contribution in [0.2, 0.25) is 0 Å². The lowest BCUT2D eigenvalue weighted by Gasteiger charge is -2.21. The number of ether oxygens (including phenoxy) is 1. The zero-order valence-electron chi connectivity index (χ0n) is 9.99. The van der Waals surface area contributed by atoms with E-state index in [2.05, 4.69) is 22.2 Å². The van der Waals surface area contributed by atoms with E-state index in [0.29, 0.717) is 6.54 Å². The second-order valence-corrected chi connectivity index (χ2v) is 3.84. The molecule has 0 saturated heterocycles. The quantitative estimate of drug-likeness (QED) is 0.711. The van der Waals surface area contributed by atoms with Crippen LogP contribution >= 0.6 is 0 Å². The monoisotopic (exact) mass is 225 g/mol. The van der Waals surface area contributed by atoms with Crippen LogP contribution in [-0.4, -0.2) is 29.1 Å². The van der Waals surface area contributed by atoms with E-state index in [1.807, 2.05) is 6.92 Å². The molecule has 0 saturated carbocycles. The summed E-state index contributed by atoms with van der Waals surface area (Å²) >= 11 is 0. The minimum atomic E-state index is -0.265. The average molecular weight is 225 g/mol. The van der Waals surface area contributed by atoms with E-state index < -0.39 is 0 Å². The predicted octanol–water partition coefficient (Wildman–Crippen LogP) is 1.09. The Bertz CT molecular complexity index is 311. The first-order valence-electron chi connectivity index (χ1n) is 5.47. The fraction of sp³-hybridized carbons (Fsp3) is 0.636. The van der Waals surface area contributed by atoms with Crippen molar-refractivity contribution >= 4 is 5.97 Å². The van der Waals surface area contributed by atoms with Crippen molar-refractivity contribution in [1.29, 1.82) is 0 Å². The summed E-state index contributed by atoms with van der Waals surface area (Å²) in [5.74, 6) is 0.0317. The Kier molecular flexibility index (Phi) is 4.98. The molecule has 0 aliphatic rings. The third-order valence-electron chi connectivity index (χ3n) is 2.74. The van der Waals surface area contributed by atoms with Crippen molar-refractivity contribution in [3.63, 3.8) is 0 Å². The molecule has 2 atom stereocenters. The predicted molar refractivity (Wildman–Crippen MR) is 60.7 cm³/mol. The zero-order valence-corrected chi connectivity index (χ0v) is 9.99. The van der Waals surface area contributed by atoms with Crippen molar-refractivity contribution in [2.75, 3.05) is 7.11 Å². The van der Waals surface area contributed by atoms with Crippen molar-refractivity contribution in [3.8, 4) is 0 Å². The number of methoxy groups -OCH3 is 1. The minimum Gasteiger partial charge on any atom is -0.468 e. The highest BCUT2D eigenvalue weighted by Gasteiger charge is 2.24. The largest absolute Gasteiger partial charge is 0.468 e. The number of hydrogen-bond acceptors (Lipinski definition) is 4. The first kappa shape index (κ1) is 12.7. The molecule has 5 heteroatoms. The summed E-state index contributed by atoms with van der Waals surface area (Å²) in [6.07, 6.45) is 4.28. The van der Waals surface area contributed by atoms with E-state index in [1.165, 1.54) is 7.11 Å². The van der Waals surface area contributed by atoms with E-state index in [4.69, 9.17) is 4.74 Å². The van der Waals surface area contributed by atoms with Gasteiger partial charge in [-0.05, 0) is 5.92 Å². The van der Waals surface area contributed by atoms with E-state index >= 15 is 0 Å². The van der Waals surface area contributed by atoms with Crippen LogP contribution in [0.15, 0.2) is 12.5 Å². The van der Waals surface area contributed by atoms with Gasteiger partial charge in [-0.2, -0.15) is 0 Å². The molecular formula is C11H19N3O2. The Morgan fingerprint density at radius 3 is 2.94 bits per heavy atom. The molecule has 0 fully saturated rings. The van der Waals surface area contributed by atoms with Crippen molar-refractivity contribution in [3.05, 3.63) is 18.2 Å². The number of hydrogen-bond donors (Lipinski definition) is 2. The van der Waals surface area contributed by atoms with Gasteiger partial charge in [0.25, 0.3) is 0 Å². The lowest BCUT2D eigenvalue weighted by atomic mass is 9.99. The molecule has 1 aromatic heterocycles. The normalized spacial score (nSPS) is 14.4. The number of aromatic nitrogens is 2. The molecule has 1 aromatic rings. The number of H-pyrrole nitrogens is 1. The number of rotatable bonds is 6. The van der Waals surface area contributed by atoms with Crippen molar-refractivity contribution < 1.29 is 9.53 Å². The van der Waals surface area contributed by atoms with Crippen molar-refractivity contribution in [2.45, 2.75) is 32.9 Å². The summed E-state index contributed by atoms with van der Waals surface area (Å²) < 4.78 is 4.78. The Balaban J connectivity index is 2.53. The van der Waals surface area contributed by atoms with Crippen LogP contribution in [0.1, 0.15) is 26.0 Å². The van der Waals surface area contributed by atoms with E-state index in [1.54, 1.807) is 12.5 Å². The molecule has 0 aliphatic carbocycles. The van der Waals surface area contributed by atoms with Gasteiger partial charge >= 0.3 is 5.97 Å². The average Bonchev–Trinajstić information content (AvgIpc) is 2.81. The Hall–Kier alpha value is -1.36. The summed E-state index contributed by atoms with van der Waals surface area (Å²) in [7, 11) is 1.41. The van der Waals surface area contributed by atoms with Crippen molar-refractivity contribution in [2.24, 2.45) is 5.92 Å². The smallest absolute Gasteiger partial charge is 0.323 e. The van der Waals surface area contributed by atoms with Crippen LogP contribution in [-0.2, 0) is 16.1 Å². The molecule has 16 heavy (non-hydrogen) atoms. The molecule has 2 N–H and O–H groups in total. The van der Waals surface area contributed by atoms with Gasteiger partial charge in [0.15, 0.2) is 0 Å². The fourth-order valence-electron chi connectivity index (χ4n) is 1.48. The van der Waals surface area contributed by atoms with Crippen LogP contribution in [0, 0.1) is 5.92 Å². The maximum Gasteiger partial charge on any atom is 0.323 e. The highest BCUT2D eigenvalue weighted by Crippen LogP contribution is 2.09. The number of nitrogens with one attached hydrogen (secondary N) is 2. The summed E-state index contributed by atoms with van der Waals surface area (Å²) in [5, 5.41) is 3.18. The van der Waals surface area contributed by atoms with Gasteiger partial charge in [0.05, 0.1) is 13.4 Å². The third-order valence-corrected chi connectivity index (χ3v) is 2.74. The van der Waals surface area contributed by atoms with Gasteiger partial charge in [0.1, 0.15) is 6.04 Å². The summed E-state index contributed by atoms with van der Waals surface area (Å²) in [6, 6.07) is -0.265. The van der Waals surface area contributed by atoms with Crippen LogP contribution in [0.3, 0.4) is 0 Å². The molecule has 0 aromatic carbocycles. The van der Waals surface area contributed by atoms with Crippen LogP contribution < -0.4 is 5.32 Å². The number of esters is 1. The van der Waals surface area contributed by atoms with E-state index in [9.17, 15) is 4.79 Å². The number of aromatic amines is 1. The molecular weight excluding hydrogens is 206 g/mol. The second kappa shape index (κ2) is 6.27. The van der Waals surface area contributed by atoms with E-state index in [0.717, 1.165) is 12.1 Å². The van der Waals surface area contributed by atoms with Gasteiger partial charge in [-0.25, -0.2) is 4.98 Å². The number of carbonyl (C=O) groups is 1. The van der Waals surface area contributed by atoms with Gasteiger partial charge in [0, 0.05) is 18.4 Å². The molecule has 5 nitrogen and oxygen atoms in total. The standard InChI is InChI=1S/C11H19N3O2/c1-4-8(2)10(11(15)16-3)13-6-9-5-12-7-14-9/h5,7-8,10,13H,4,6H2,1-3H3,(H,12,14). The Labute approximate surface area is 95.6 Å². The topological polar surface area (TPSA) is 67.0 Å². The number of carbonyl (C=O) groups excluding carboxylic acids is 1. The highest BCUT2D eigenvalue weighted by atomic mass is 16.5. The molecule has 0 bridgehead atoms.